The van der Waals surface area contributed by atoms with Gasteiger partial charge in [0, 0.05) is 27.1 Å². The van der Waals surface area contributed by atoms with Gasteiger partial charge in [0.25, 0.3) is 0 Å². The van der Waals surface area contributed by atoms with E-state index in [-0.39, 0.29) is 18.4 Å². The monoisotopic (exact) mass is 174 g/mol. The standard InChI is InChI=1S/C7H14N2O3/c1-6(10)8-3-4-9-7(11)5-12-2/h3-5H2,1-2H3,(H,8,10)(H,9,11). The van der Waals surface area contributed by atoms with Gasteiger partial charge in [-0.3, -0.25) is 9.59 Å². The average Bonchev–Trinajstić information content (AvgIpc) is 1.98. The third-order valence-electron chi connectivity index (χ3n) is 1.10. The van der Waals surface area contributed by atoms with Gasteiger partial charge in [-0.2, -0.15) is 0 Å². The molecule has 12 heavy (non-hydrogen) atoms. The van der Waals surface area contributed by atoms with Crippen molar-refractivity contribution < 1.29 is 14.3 Å². The van der Waals surface area contributed by atoms with E-state index in [1.165, 1.54) is 14.0 Å². The van der Waals surface area contributed by atoms with Crippen molar-refractivity contribution >= 4 is 11.8 Å². The Morgan fingerprint density at radius 2 is 1.83 bits per heavy atom. The number of hydrogen-bond donors (Lipinski definition) is 2. The van der Waals surface area contributed by atoms with Crippen LogP contribution in [0.1, 0.15) is 6.92 Å². The van der Waals surface area contributed by atoms with Crippen molar-refractivity contribution in [2.45, 2.75) is 6.92 Å². The van der Waals surface area contributed by atoms with Gasteiger partial charge in [0.2, 0.25) is 11.8 Å². The maximum Gasteiger partial charge on any atom is 0.246 e. The highest BCUT2D eigenvalue weighted by Crippen LogP contribution is 1.68. The van der Waals surface area contributed by atoms with Crippen LogP contribution in [0.3, 0.4) is 0 Å². The predicted octanol–water partition coefficient (Wildman–Crippen LogP) is -1.11. The molecule has 0 aliphatic heterocycles. The molecule has 2 N–H and O–H groups in total. The second kappa shape index (κ2) is 6.60. The molecule has 0 saturated carbocycles. The summed E-state index contributed by atoms with van der Waals surface area (Å²) in [5.41, 5.74) is 0. The Hall–Kier alpha value is -1.10. The van der Waals surface area contributed by atoms with E-state index in [2.05, 4.69) is 15.4 Å². The summed E-state index contributed by atoms with van der Waals surface area (Å²) in [5, 5.41) is 5.11. The summed E-state index contributed by atoms with van der Waals surface area (Å²) >= 11 is 0. The molecule has 0 heterocycles. The molecule has 0 aliphatic carbocycles. The summed E-state index contributed by atoms with van der Waals surface area (Å²) in [6.07, 6.45) is 0. The van der Waals surface area contributed by atoms with Gasteiger partial charge in [0.15, 0.2) is 0 Å². The van der Waals surface area contributed by atoms with Crippen LogP contribution in [-0.2, 0) is 14.3 Å². The van der Waals surface area contributed by atoms with Crippen LogP contribution in [0.15, 0.2) is 0 Å². The van der Waals surface area contributed by atoms with Gasteiger partial charge in [-0.25, -0.2) is 0 Å². The van der Waals surface area contributed by atoms with Gasteiger partial charge in [-0.05, 0) is 0 Å². The molecule has 0 radical (unpaired) electrons. The molecule has 0 bridgehead atoms. The van der Waals surface area contributed by atoms with Crippen molar-refractivity contribution in [1.82, 2.24) is 10.6 Å². The second-order valence-corrected chi connectivity index (χ2v) is 2.27. The van der Waals surface area contributed by atoms with Crippen LogP contribution in [-0.4, -0.2) is 38.6 Å². The molecule has 2 amide bonds. The number of nitrogens with one attached hydrogen (secondary N) is 2. The third-order valence-corrected chi connectivity index (χ3v) is 1.10. The zero-order chi connectivity index (χ0) is 9.40. The Kier molecular flexibility index (Phi) is 6.00. The van der Waals surface area contributed by atoms with E-state index >= 15 is 0 Å². The van der Waals surface area contributed by atoms with Gasteiger partial charge >= 0.3 is 0 Å². The molecule has 0 saturated heterocycles. The number of carbonyl (C=O) groups excluding carboxylic acids is 2. The van der Waals surface area contributed by atoms with Crippen LogP contribution < -0.4 is 10.6 Å². The molecule has 0 aliphatic rings. The minimum Gasteiger partial charge on any atom is -0.375 e. The molecule has 0 atom stereocenters. The van der Waals surface area contributed by atoms with Gasteiger partial charge in [0.05, 0.1) is 0 Å². The summed E-state index contributed by atoms with van der Waals surface area (Å²) in [7, 11) is 1.45. The molecule has 0 aromatic heterocycles. The minimum absolute atomic E-state index is 0.0556. The fourth-order valence-electron chi connectivity index (χ4n) is 0.623. The van der Waals surface area contributed by atoms with E-state index in [0.717, 1.165) is 0 Å². The number of ether oxygens (including phenoxy) is 1. The van der Waals surface area contributed by atoms with Crippen LogP contribution in [0.4, 0.5) is 0 Å². The van der Waals surface area contributed by atoms with Crippen LogP contribution in [0.2, 0.25) is 0 Å². The van der Waals surface area contributed by atoms with E-state index in [1.54, 1.807) is 0 Å². The molecule has 0 unspecified atom stereocenters. The van der Waals surface area contributed by atoms with Crippen molar-refractivity contribution in [3.8, 4) is 0 Å². The Balaban J connectivity index is 3.19. The summed E-state index contributed by atoms with van der Waals surface area (Å²) in [6, 6.07) is 0. The number of amides is 2. The number of hydrogen-bond acceptors (Lipinski definition) is 3. The second-order valence-electron chi connectivity index (χ2n) is 2.27. The molecule has 0 spiro atoms. The molecule has 0 rings (SSSR count). The fourth-order valence-corrected chi connectivity index (χ4v) is 0.623. The van der Waals surface area contributed by atoms with E-state index < -0.39 is 0 Å². The zero-order valence-corrected chi connectivity index (χ0v) is 7.35. The average molecular weight is 174 g/mol. The quantitative estimate of drug-likeness (QED) is 0.519. The Morgan fingerprint density at radius 3 is 2.33 bits per heavy atom. The van der Waals surface area contributed by atoms with E-state index in [9.17, 15) is 9.59 Å². The highest BCUT2D eigenvalue weighted by molar-refractivity contribution is 5.77. The van der Waals surface area contributed by atoms with Crippen molar-refractivity contribution in [1.29, 1.82) is 0 Å². The first kappa shape index (κ1) is 10.9. The first-order chi connectivity index (χ1) is 5.66. The maximum atomic E-state index is 10.7. The maximum absolute atomic E-state index is 10.7. The number of carbonyl (C=O) groups is 2. The number of methoxy groups -OCH3 is 1. The van der Waals surface area contributed by atoms with E-state index in [4.69, 9.17) is 0 Å². The summed E-state index contributed by atoms with van der Waals surface area (Å²) < 4.78 is 4.58. The molecule has 70 valence electrons. The topological polar surface area (TPSA) is 67.4 Å². The molecular formula is C7H14N2O3. The SMILES string of the molecule is COCC(=O)NCCNC(C)=O. The van der Waals surface area contributed by atoms with Crippen LogP contribution >= 0.6 is 0 Å². The first-order valence-electron chi connectivity index (χ1n) is 3.67. The smallest absolute Gasteiger partial charge is 0.246 e. The van der Waals surface area contributed by atoms with Gasteiger partial charge in [0.1, 0.15) is 6.61 Å². The highest BCUT2D eigenvalue weighted by Gasteiger charge is 1.97. The number of rotatable bonds is 5. The summed E-state index contributed by atoms with van der Waals surface area (Å²) in [4.78, 5) is 21.1. The van der Waals surface area contributed by atoms with Gasteiger partial charge < -0.3 is 15.4 Å². The van der Waals surface area contributed by atoms with Gasteiger partial charge in [-0.1, -0.05) is 0 Å². The lowest BCUT2D eigenvalue weighted by Gasteiger charge is -2.04. The lowest BCUT2D eigenvalue weighted by Crippen LogP contribution is -2.35. The van der Waals surface area contributed by atoms with Crippen LogP contribution in [0.25, 0.3) is 0 Å². The normalized spacial score (nSPS) is 9.17. The van der Waals surface area contributed by atoms with Gasteiger partial charge in [-0.15, -0.1) is 0 Å². The Bertz CT molecular complexity index is 159. The lowest BCUT2D eigenvalue weighted by atomic mass is 10.5. The molecule has 5 heteroatoms. The van der Waals surface area contributed by atoms with Crippen molar-refractivity contribution in [3.63, 3.8) is 0 Å². The third kappa shape index (κ3) is 7.01. The van der Waals surface area contributed by atoms with E-state index in [0.29, 0.717) is 13.1 Å². The van der Waals surface area contributed by atoms with Crippen LogP contribution in [0, 0.1) is 0 Å². The Labute approximate surface area is 71.5 Å². The summed E-state index contributed by atoms with van der Waals surface area (Å²) in [5.74, 6) is -0.279. The molecule has 0 aromatic carbocycles. The first-order valence-corrected chi connectivity index (χ1v) is 3.67. The summed E-state index contributed by atoms with van der Waals surface area (Å²) in [6.45, 7) is 2.36. The lowest BCUT2D eigenvalue weighted by molar-refractivity contribution is -0.125. The predicted molar refractivity (Wildman–Crippen MR) is 43.6 cm³/mol. The molecule has 0 aromatic rings. The van der Waals surface area contributed by atoms with Crippen LogP contribution in [0.5, 0.6) is 0 Å². The van der Waals surface area contributed by atoms with Crippen molar-refractivity contribution in [2.24, 2.45) is 0 Å². The van der Waals surface area contributed by atoms with Crippen molar-refractivity contribution in [3.05, 3.63) is 0 Å². The highest BCUT2D eigenvalue weighted by atomic mass is 16.5. The minimum atomic E-state index is -0.178. The van der Waals surface area contributed by atoms with E-state index in [1.807, 2.05) is 0 Å². The Morgan fingerprint density at radius 1 is 1.25 bits per heavy atom. The van der Waals surface area contributed by atoms with Crippen molar-refractivity contribution in [2.75, 3.05) is 26.8 Å². The zero-order valence-electron chi connectivity index (χ0n) is 7.35. The molecule has 5 nitrogen and oxygen atoms in total. The largest absolute Gasteiger partial charge is 0.375 e. The molecular weight excluding hydrogens is 160 g/mol. The molecule has 0 fully saturated rings. The fraction of sp³-hybridized carbons (Fsp3) is 0.714.